The molecule has 0 N–H and O–H groups in total. The van der Waals surface area contributed by atoms with Gasteiger partial charge in [0.15, 0.2) is 0 Å². The van der Waals surface area contributed by atoms with Crippen LogP contribution in [0.1, 0.15) is 25.0 Å². The number of amides is 1. The molecule has 1 amide bonds. The second-order valence-corrected chi connectivity index (χ2v) is 6.05. The zero-order valence-electron chi connectivity index (χ0n) is 14.9. The van der Waals surface area contributed by atoms with Crippen LogP contribution in [-0.4, -0.2) is 35.2 Å². The summed E-state index contributed by atoms with van der Waals surface area (Å²) in [5.41, 5.74) is 2.11. The second kappa shape index (κ2) is 8.97. The number of Topliss-reactive ketones (excluding diaryl/α,β-unsaturated/α-hetero) is 1. The maximum absolute atomic E-state index is 12.7. The Morgan fingerprint density at radius 1 is 1.08 bits per heavy atom. The molecule has 5 heteroatoms. The second-order valence-electron chi connectivity index (χ2n) is 6.05. The van der Waals surface area contributed by atoms with E-state index in [9.17, 15) is 9.59 Å². The molecule has 2 aromatic rings. The number of hydrogen-bond donors (Lipinski definition) is 0. The van der Waals surface area contributed by atoms with E-state index >= 15 is 0 Å². The number of ketones is 1. The smallest absolute Gasteiger partial charge is 0.233 e. The third-order valence-corrected chi connectivity index (χ3v) is 4.24. The number of nitrogens with zero attached hydrogens (tertiary/aromatic N) is 2. The average molecular weight is 340 g/mol. The van der Waals surface area contributed by atoms with Crippen molar-refractivity contribution in [2.75, 3.05) is 13.7 Å². The topological polar surface area (TPSA) is 59.5 Å². The van der Waals surface area contributed by atoms with Gasteiger partial charge in [0.05, 0.1) is 13.0 Å². The summed E-state index contributed by atoms with van der Waals surface area (Å²) in [4.78, 5) is 30.1. The number of rotatable bonds is 8. The van der Waals surface area contributed by atoms with Crippen molar-refractivity contribution in [3.8, 4) is 5.75 Å². The first kappa shape index (κ1) is 18.6. The molecule has 0 spiro atoms. The number of ether oxygens (including phenoxy) is 1. The first-order valence-corrected chi connectivity index (χ1v) is 8.32. The molecular formula is C20H24N2O3. The Morgan fingerprint density at radius 3 is 2.28 bits per heavy atom. The number of carbonyl (C=O) groups is 2. The Bertz CT molecular complexity index is 699. The van der Waals surface area contributed by atoms with Crippen LogP contribution in [0.5, 0.6) is 5.75 Å². The molecule has 0 aliphatic heterocycles. The van der Waals surface area contributed by atoms with Gasteiger partial charge in [-0.15, -0.1) is 0 Å². The normalized spacial score (nSPS) is 11.6. The number of methoxy groups -OCH3 is 1. The van der Waals surface area contributed by atoms with Crippen molar-refractivity contribution in [1.29, 1.82) is 0 Å². The third-order valence-electron chi connectivity index (χ3n) is 4.24. The van der Waals surface area contributed by atoms with Gasteiger partial charge in [0.2, 0.25) is 5.91 Å². The Kier molecular flexibility index (Phi) is 6.69. The van der Waals surface area contributed by atoms with Crippen LogP contribution in [0.25, 0.3) is 0 Å². The van der Waals surface area contributed by atoms with Crippen molar-refractivity contribution >= 4 is 11.7 Å². The van der Waals surface area contributed by atoms with E-state index < -0.39 is 5.92 Å². The van der Waals surface area contributed by atoms with Crippen molar-refractivity contribution in [1.82, 2.24) is 9.88 Å². The summed E-state index contributed by atoms with van der Waals surface area (Å²) in [6.45, 7) is 4.13. The summed E-state index contributed by atoms with van der Waals surface area (Å²) < 4.78 is 5.17. The summed E-state index contributed by atoms with van der Waals surface area (Å²) in [5, 5.41) is 0. The van der Waals surface area contributed by atoms with Crippen LogP contribution in [0.4, 0.5) is 0 Å². The Labute approximate surface area is 148 Å². The lowest BCUT2D eigenvalue weighted by Crippen LogP contribution is -2.38. The molecule has 132 valence electrons. The predicted molar refractivity (Wildman–Crippen MR) is 96.2 cm³/mol. The largest absolute Gasteiger partial charge is 0.497 e. The number of hydrogen-bond acceptors (Lipinski definition) is 4. The third kappa shape index (κ3) is 5.41. The van der Waals surface area contributed by atoms with Crippen molar-refractivity contribution in [2.24, 2.45) is 5.92 Å². The molecule has 0 fully saturated rings. The fourth-order valence-corrected chi connectivity index (χ4v) is 2.48. The first-order chi connectivity index (χ1) is 12.0. The molecule has 1 atom stereocenters. The maximum atomic E-state index is 12.7. The minimum Gasteiger partial charge on any atom is -0.497 e. The fraction of sp³-hybridized carbons (Fsp3) is 0.350. The SMILES string of the molecule is COc1ccc(CN(CCc2ccncc2)C(=O)C(C)C(C)=O)cc1. The van der Waals surface area contributed by atoms with E-state index in [0.717, 1.165) is 23.3 Å². The van der Waals surface area contributed by atoms with Crippen LogP contribution in [0.2, 0.25) is 0 Å². The van der Waals surface area contributed by atoms with E-state index in [1.807, 2.05) is 36.4 Å². The van der Waals surface area contributed by atoms with E-state index in [1.165, 1.54) is 6.92 Å². The van der Waals surface area contributed by atoms with Gasteiger partial charge >= 0.3 is 0 Å². The van der Waals surface area contributed by atoms with Gasteiger partial charge in [0.25, 0.3) is 0 Å². The molecule has 0 aliphatic carbocycles. The van der Waals surface area contributed by atoms with E-state index in [1.54, 1.807) is 31.3 Å². The fourth-order valence-electron chi connectivity index (χ4n) is 2.48. The molecule has 0 bridgehead atoms. The van der Waals surface area contributed by atoms with E-state index in [2.05, 4.69) is 4.98 Å². The summed E-state index contributed by atoms with van der Waals surface area (Å²) >= 11 is 0. The zero-order valence-corrected chi connectivity index (χ0v) is 14.9. The molecular weight excluding hydrogens is 316 g/mol. The number of carbonyl (C=O) groups excluding carboxylic acids is 2. The predicted octanol–water partition coefficient (Wildman–Crippen LogP) is 2.89. The van der Waals surface area contributed by atoms with Gasteiger partial charge in [-0.1, -0.05) is 12.1 Å². The lowest BCUT2D eigenvalue weighted by Gasteiger charge is -2.25. The Morgan fingerprint density at radius 2 is 1.72 bits per heavy atom. The van der Waals surface area contributed by atoms with Gasteiger partial charge in [-0.25, -0.2) is 0 Å². The minimum absolute atomic E-state index is 0.117. The lowest BCUT2D eigenvalue weighted by molar-refractivity contribution is -0.140. The van der Waals surface area contributed by atoms with Gasteiger partial charge in [-0.3, -0.25) is 14.6 Å². The van der Waals surface area contributed by atoms with Crippen molar-refractivity contribution in [2.45, 2.75) is 26.8 Å². The van der Waals surface area contributed by atoms with Gasteiger partial charge < -0.3 is 9.64 Å². The minimum atomic E-state index is -0.629. The monoisotopic (exact) mass is 340 g/mol. The number of aromatic nitrogens is 1. The number of pyridine rings is 1. The van der Waals surface area contributed by atoms with Gasteiger partial charge in [-0.2, -0.15) is 0 Å². The molecule has 0 aliphatic rings. The van der Waals surface area contributed by atoms with Crippen LogP contribution >= 0.6 is 0 Å². The highest BCUT2D eigenvalue weighted by atomic mass is 16.5. The number of benzene rings is 1. The standard InChI is InChI=1S/C20H24N2O3/c1-15(16(2)23)20(24)22(13-10-17-8-11-21-12-9-17)14-18-4-6-19(25-3)7-5-18/h4-9,11-12,15H,10,13-14H2,1-3H3. The molecule has 0 radical (unpaired) electrons. The van der Waals surface area contributed by atoms with E-state index in [0.29, 0.717) is 13.1 Å². The van der Waals surface area contributed by atoms with Crippen LogP contribution in [0, 0.1) is 5.92 Å². The average Bonchev–Trinajstić information content (AvgIpc) is 2.65. The summed E-state index contributed by atoms with van der Waals surface area (Å²) in [5.74, 6) is -0.114. The van der Waals surface area contributed by atoms with Crippen LogP contribution in [0.15, 0.2) is 48.8 Å². The zero-order chi connectivity index (χ0) is 18.2. The molecule has 5 nitrogen and oxygen atoms in total. The Hall–Kier alpha value is -2.69. The summed E-state index contributed by atoms with van der Waals surface area (Å²) in [6, 6.07) is 11.5. The van der Waals surface area contributed by atoms with Gasteiger partial charge in [-0.05, 0) is 55.7 Å². The molecule has 25 heavy (non-hydrogen) atoms. The highest BCUT2D eigenvalue weighted by molar-refractivity contribution is 5.99. The molecule has 0 saturated heterocycles. The summed E-state index contributed by atoms with van der Waals surface area (Å²) in [6.07, 6.45) is 4.20. The van der Waals surface area contributed by atoms with Gasteiger partial charge in [0.1, 0.15) is 11.5 Å². The molecule has 1 aromatic heterocycles. The van der Waals surface area contributed by atoms with Crippen LogP contribution < -0.4 is 4.74 Å². The molecule has 2 rings (SSSR count). The molecule has 0 saturated carbocycles. The Balaban J connectivity index is 2.12. The van der Waals surface area contributed by atoms with Crippen molar-refractivity contribution < 1.29 is 14.3 Å². The summed E-state index contributed by atoms with van der Waals surface area (Å²) in [7, 11) is 1.62. The van der Waals surface area contributed by atoms with Crippen molar-refractivity contribution in [3.63, 3.8) is 0 Å². The first-order valence-electron chi connectivity index (χ1n) is 8.32. The maximum Gasteiger partial charge on any atom is 0.233 e. The van der Waals surface area contributed by atoms with Gasteiger partial charge in [0, 0.05) is 25.5 Å². The molecule has 1 unspecified atom stereocenters. The van der Waals surface area contributed by atoms with Crippen LogP contribution in [0.3, 0.4) is 0 Å². The highest BCUT2D eigenvalue weighted by Crippen LogP contribution is 2.15. The van der Waals surface area contributed by atoms with E-state index in [4.69, 9.17) is 4.74 Å². The van der Waals surface area contributed by atoms with Crippen molar-refractivity contribution in [3.05, 3.63) is 59.9 Å². The van der Waals surface area contributed by atoms with Crippen LogP contribution in [-0.2, 0) is 22.6 Å². The highest BCUT2D eigenvalue weighted by Gasteiger charge is 2.24. The lowest BCUT2D eigenvalue weighted by atomic mass is 10.0. The molecule has 1 heterocycles. The van der Waals surface area contributed by atoms with E-state index in [-0.39, 0.29) is 11.7 Å². The molecule has 1 aromatic carbocycles. The quantitative estimate of drug-likeness (QED) is 0.693.